The normalized spacial score (nSPS) is 14.3. The van der Waals surface area contributed by atoms with E-state index in [4.69, 9.17) is 9.47 Å². The van der Waals surface area contributed by atoms with E-state index in [-0.39, 0.29) is 12.5 Å². The molecule has 0 radical (unpaired) electrons. The minimum absolute atomic E-state index is 0.0402. The van der Waals surface area contributed by atoms with Gasteiger partial charge < -0.3 is 14.4 Å². The van der Waals surface area contributed by atoms with Crippen LogP contribution in [0.25, 0.3) is 0 Å². The summed E-state index contributed by atoms with van der Waals surface area (Å²) in [5.41, 5.74) is 0.662. The predicted molar refractivity (Wildman–Crippen MR) is 89.0 cm³/mol. The topological polar surface area (TPSA) is 67.9 Å². The lowest BCUT2D eigenvalue weighted by molar-refractivity contribution is -0.121. The molecule has 1 aromatic rings. The molecule has 1 aliphatic heterocycles. The van der Waals surface area contributed by atoms with E-state index in [9.17, 15) is 9.59 Å². The molecule has 0 aliphatic carbocycles. The van der Waals surface area contributed by atoms with Crippen LogP contribution < -0.4 is 15.0 Å². The second-order valence-corrected chi connectivity index (χ2v) is 7.00. The fraction of sp³-hybridized carbons (Fsp3) is 0.529. The van der Waals surface area contributed by atoms with Gasteiger partial charge in [0.25, 0.3) is 5.91 Å². The first-order chi connectivity index (χ1) is 10.7. The van der Waals surface area contributed by atoms with E-state index in [1.54, 1.807) is 43.9 Å². The lowest BCUT2D eigenvalue weighted by atomic mass is 10.1. The van der Waals surface area contributed by atoms with Gasteiger partial charge in [0, 0.05) is 12.2 Å². The maximum atomic E-state index is 12.1. The molecule has 0 saturated heterocycles. The molecule has 0 unspecified atom stereocenters. The lowest BCUT2D eigenvalue weighted by Crippen LogP contribution is -2.41. The molecule has 6 heteroatoms. The molecule has 23 heavy (non-hydrogen) atoms. The monoisotopic (exact) mass is 320 g/mol. The summed E-state index contributed by atoms with van der Waals surface area (Å²) in [6, 6.07) is 5.21. The summed E-state index contributed by atoms with van der Waals surface area (Å²) >= 11 is 0. The van der Waals surface area contributed by atoms with E-state index in [0.717, 1.165) is 0 Å². The van der Waals surface area contributed by atoms with Crippen molar-refractivity contribution in [3.05, 3.63) is 18.2 Å². The zero-order valence-corrected chi connectivity index (χ0v) is 14.3. The van der Waals surface area contributed by atoms with Gasteiger partial charge in [0.2, 0.25) is 0 Å². The summed E-state index contributed by atoms with van der Waals surface area (Å²) in [5.74, 6) is 0.882. The molecule has 0 fully saturated rings. The molecular weight excluding hydrogens is 296 g/mol. The van der Waals surface area contributed by atoms with Gasteiger partial charge in [0.1, 0.15) is 11.4 Å². The van der Waals surface area contributed by atoms with Crippen molar-refractivity contribution in [1.29, 1.82) is 0 Å². The van der Waals surface area contributed by atoms with E-state index in [1.807, 2.05) is 13.8 Å². The van der Waals surface area contributed by atoms with Crippen molar-refractivity contribution in [1.82, 2.24) is 0 Å². The average Bonchev–Trinajstić information content (AvgIpc) is 2.39. The number of ether oxygens (including phenoxy) is 2. The number of nitrogens with zero attached hydrogens (tertiary/aromatic N) is 1. The van der Waals surface area contributed by atoms with Crippen molar-refractivity contribution in [2.45, 2.75) is 40.2 Å². The Kier molecular flexibility index (Phi) is 4.82. The van der Waals surface area contributed by atoms with E-state index in [1.165, 1.54) is 0 Å². The predicted octanol–water partition coefficient (Wildman–Crippen LogP) is 3.42. The van der Waals surface area contributed by atoms with E-state index in [0.29, 0.717) is 29.6 Å². The molecule has 2 amide bonds. The molecule has 2 rings (SSSR count). The Balaban J connectivity index is 2.21. The molecule has 1 aromatic carbocycles. The maximum absolute atomic E-state index is 12.1. The first kappa shape index (κ1) is 17.1. The number of anilines is 2. The summed E-state index contributed by atoms with van der Waals surface area (Å²) in [6.45, 7) is 10.1. The van der Waals surface area contributed by atoms with Crippen LogP contribution in [-0.2, 0) is 9.53 Å². The third-order valence-corrected chi connectivity index (χ3v) is 3.09. The third-order valence-electron chi connectivity index (χ3n) is 3.09. The highest BCUT2D eigenvalue weighted by atomic mass is 16.6. The van der Waals surface area contributed by atoms with Crippen LogP contribution in [-0.4, -0.2) is 30.8 Å². The SMILES string of the molecule is CC(C)CN1C(=O)COc2ccc(NC(=O)OC(C)(C)C)cc21. The van der Waals surface area contributed by atoms with Crippen molar-refractivity contribution >= 4 is 23.4 Å². The van der Waals surface area contributed by atoms with Crippen molar-refractivity contribution in [3.63, 3.8) is 0 Å². The highest BCUT2D eigenvalue weighted by molar-refractivity contribution is 5.99. The molecule has 0 bridgehead atoms. The number of hydrogen-bond acceptors (Lipinski definition) is 4. The number of benzene rings is 1. The summed E-state index contributed by atoms with van der Waals surface area (Å²) in [7, 11) is 0. The Bertz CT molecular complexity index is 605. The van der Waals surface area contributed by atoms with E-state index < -0.39 is 11.7 Å². The Morgan fingerprint density at radius 1 is 1.39 bits per heavy atom. The summed E-state index contributed by atoms with van der Waals surface area (Å²) < 4.78 is 10.7. The average molecular weight is 320 g/mol. The highest BCUT2D eigenvalue weighted by Crippen LogP contribution is 2.35. The van der Waals surface area contributed by atoms with Crippen LogP contribution in [0, 0.1) is 5.92 Å². The zero-order chi connectivity index (χ0) is 17.2. The highest BCUT2D eigenvalue weighted by Gasteiger charge is 2.26. The van der Waals surface area contributed by atoms with Gasteiger partial charge in [-0.3, -0.25) is 10.1 Å². The minimum atomic E-state index is -0.568. The smallest absolute Gasteiger partial charge is 0.412 e. The standard InChI is InChI=1S/C17H24N2O4/c1-11(2)9-19-13-8-12(18-16(21)23-17(3,4)5)6-7-14(13)22-10-15(19)20/h6-8,11H,9-10H2,1-5H3,(H,18,21). The van der Waals surface area contributed by atoms with Crippen molar-refractivity contribution in [3.8, 4) is 5.75 Å². The number of amides is 2. The van der Waals surface area contributed by atoms with Crippen LogP contribution in [0.15, 0.2) is 18.2 Å². The van der Waals surface area contributed by atoms with Gasteiger partial charge in [-0.1, -0.05) is 13.8 Å². The van der Waals surface area contributed by atoms with Crippen LogP contribution in [0.2, 0.25) is 0 Å². The van der Waals surface area contributed by atoms with Crippen LogP contribution in [0.5, 0.6) is 5.75 Å². The number of carbonyl (C=O) groups excluding carboxylic acids is 2. The largest absolute Gasteiger partial charge is 0.482 e. The van der Waals surface area contributed by atoms with E-state index >= 15 is 0 Å². The van der Waals surface area contributed by atoms with Gasteiger partial charge >= 0.3 is 6.09 Å². The number of fused-ring (bicyclic) bond motifs is 1. The van der Waals surface area contributed by atoms with Gasteiger partial charge in [-0.25, -0.2) is 4.79 Å². The summed E-state index contributed by atoms with van der Waals surface area (Å²) in [4.78, 5) is 25.7. The van der Waals surface area contributed by atoms with Gasteiger partial charge in [0.15, 0.2) is 6.61 Å². The molecule has 1 heterocycles. The van der Waals surface area contributed by atoms with Gasteiger partial charge in [-0.2, -0.15) is 0 Å². The summed E-state index contributed by atoms with van der Waals surface area (Å²) in [5, 5.41) is 2.68. The fourth-order valence-corrected chi connectivity index (χ4v) is 2.27. The first-order valence-corrected chi connectivity index (χ1v) is 7.73. The molecular formula is C17H24N2O4. The van der Waals surface area contributed by atoms with Gasteiger partial charge in [-0.05, 0) is 44.9 Å². The molecule has 126 valence electrons. The van der Waals surface area contributed by atoms with Crippen LogP contribution in [0.3, 0.4) is 0 Å². The number of carbonyl (C=O) groups is 2. The lowest BCUT2D eigenvalue weighted by Gasteiger charge is -2.31. The first-order valence-electron chi connectivity index (χ1n) is 7.73. The van der Waals surface area contributed by atoms with Crippen LogP contribution in [0.1, 0.15) is 34.6 Å². The molecule has 1 aliphatic rings. The number of nitrogens with one attached hydrogen (secondary N) is 1. The number of hydrogen-bond donors (Lipinski definition) is 1. The van der Waals surface area contributed by atoms with Gasteiger partial charge in [0.05, 0.1) is 5.69 Å². The molecule has 0 aromatic heterocycles. The Morgan fingerprint density at radius 3 is 2.70 bits per heavy atom. The van der Waals surface area contributed by atoms with Crippen molar-refractivity contribution < 1.29 is 19.1 Å². The zero-order valence-electron chi connectivity index (χ0n) is 14.3. The maximum Gasteiger partial charge on any atom is 0.412 e. The second-order valence-electron chi connectivity index (χ2n) is 7.00. The van der Waals surface area contributed by atoms with Crippen LogP contribution in [0.4, 0.5) is 16.2 Å². The van der Waals surface area contributed by atoms with Crippen molar-refractivity contribution in [2.75, 3.05) is 23.4 Å². The Labute approximate surface area is 136 Å². The number of rotatable bonds is 3. The summed E-state index contributed by atoms with van der Waals surface area (Å²) in [6.07, 6.45) is -0.532. The second kappa shape index (κ2) is 6.48. The molecule has 1 N–H and O–H groups in total. The quantitative estimate of drug-likeness (QED) is 0.926. The molecule has 0 spiro atoms. The van der Waals surface area contributed by atoms with Crippen LogP contribution >= 0.6 is 0 Å². The molecule has 6 nitrogen and oxygen atoms in total. The van der Waals surface area contributed by atoms with Crippen molar-refractivity contribution in [2.24, 2.45) is 5.92 Å². The van der Waals surface area contributed by atoms with Gasteiger partial charge in [-0.15, -0.1) is 0 Å². The fourth-order valence-electron chi connectivity index (χ4n) is 2.27. The van der Waals surface area contributed by atoms with E-state index in [2.05, 4.69) is 5.32 Å². The third kappa shape index (κ3) is 4.61. The molecule has 0 saturated carbocycles. The Morgan fingerprint density at radius 2 is 2.09 bits per heavy atom. The minimum Gasteiger partial charge on any atom is -0.482 e. The Hall–Kier alpha value is -2.24. The molecule has 0 atom stereocenters.